The van der Waals surface area contributed by atoms with E-state index in [9.17, 15) is 9.90 Å². The number of aromatic nitrogens is 2. The third kappa shape index (κ3) is 3.87. The molecule has 3 N–H and O–H groups in total. The number of nitrogens with one attached hydrogen (secondary N) is 1. The molecule has 1 aromatic rings. The van der Waals surface area contributed by atoms with Gasteiger partial charge in [-0.25, -0.2) is 14.8 Å². The first-order chi connectivity index (χ1) is 7.95. The Hall–Kier alpha value is -1.89. The highest BCUT2D eigenvalue weighted by Crippen LogP contribution is 2.12. The summed E-state index contributed by atoms with van der Waals surface area (Å²) >= 11 is 0. The molecule has 0 aliphatic heterocycles. The number of aliphatic hydroxyl groups is 1. The van der Waals surface area contributed by atoms with E-state index in [0.29, 0.717) is 18.3 Å². The number of rotatable bonds is 6. The summed E-state index contributed by atoms with van der Waals surface area (Å²) in [6, 6.07) is 1.53. The molecule has 1 aromatic heterocycles. The number of anilines is 1. The number of ether oxygens (including phenoxy) is 1. The average Bonchev–Trinajstić information content (AvgIpc) is 2.27. The Bertz CT molecular complexity index is 395. The lowest BCUT2D eigenvalue weighted by Crippen LogP contribution is -2.41. The van der Waals surface area contributed by atoms with Crippen LogP contribution in [0.3, 0.4) is 0 Å². The molecule has 0 bridgehead atoms. The molecule has 0 spiro atoms. The topological polar surface area (TPSA) is 105 Å². The van der Waals surface area contributed by atoms with Crippen LogP contribution < -0.4 is 10.1 Å². The van der Waals surface area contributed by atoms with Gasteiger partial charge in [0.2, 0.25) is 5.88 Å². The molecule has 0 saturated carbocycles. The van der Waals surface area contributed by atoms with Crippen molar-refractivity contribution >= 4 is 11.8 Å². The van der Waals surface area contributed by atoms with E-state index in [1.807, 2.05) is 6.92 Å². The Balaban J connectivity index is 2.63. The van der Waals surface area contributed by atoms with Gasteiger partial charge in [0.1, 0.15) is 12.1 Å². The van der Waals surface area contributed by atoms with Crippen LogP contribution in [0.4, 0.5) is 5.82 Å². The van der Waals surface area contributed by atoms with Crippen LogP contribution >= 0.6 is 0 Å². The number of nitrogens with zero attached hydrogens (tertiary/aromatic N) is 2. The van der Waals surface area contributed by atoms with Crippen molar-refractivity contribution in [2.75, 3.05) is 18.5 Å². The minimum absolute atomic E-state index is 0.162. The van der Waals surface area contributed by atoms with Crippen molar-refractivity contribution in [2.45, 2.75) is 19.4 Å². The van der Waals surface area contributed by atoms with E-state index in [4.69, 9.17) is 9.84 Å². The largest absolute Gasteiger partial charge is 0.479 e. The van der Waals surface area contributed by atoms with Crippen molar-refractivity contribution in [3.8, 4) is 5.88 Å². The molecule has 0 aliphatic rings. The molecule has 1 atom stereocenters. The van der Waals surface area contributed by atoms with E-state index in [1.165, 1.54) is 19.3 Å². The zero-order chi connectivity index (χ0) is 12.9. The molecule has 0 fully saturated rings. The third-order valence-electron chi connectivity index (χ3n) is 2.01. The Morgan fingerprint density at radius 2 is 2.29 bits per heavy atom. The van der Waals surface area contributed by atoms with Crippen LogP contribution in [-0.4, -0.2) is 44.9 Å². The molecule has 17 heavy (non-hydrogen) atoms. The summed E-state index contributed by atoms with van der Waals surface area (Å²) in [7, 11) is 0. The maximum atomic E-state index is 10.7. The van der Waals surface area contributed by atoms with Crippen LogP contribution in [0, 0.1) is 0 Å². The van der Waals surface area contributed by atoms with Crippen LogP contribution in [0.1, 0.15) is 13.8 Å². The molecule has 0 aromatic carbocycles. The molecule has 0 saturated heterocycles. The summed E-state index contributed by atoms with van der Waals surface area (Å²) in [4.78, 5) is 18.4. The predicted molar refractivity (Wildman–Crippen MR) is 60.0 cm³/mol. The quantitative estimate of drug-likeness (QED) is 0.649. The van der Waals surface area contributed by atoms with Gasteiger partial charge >= 0.3 is 5.97 Å². The van der Waals surface area contributed by atoms with Gasteiger partial charge in [-0.05, 0) is 13.8 Å². The first-order valence-electron chi connectivity index (χ1n) is 5.10. The fraction of sp³-hybridized carbons (Fsp3) is 0.500. The zero-order valence-corrected chi connectivity index (χ0v) is 9.67. The molecule has 0 radical (unpaired) electrons. The van der Waals surface area contributed by atoms with E-state index in [-0.39, 0.29) is 6.54 Å². The molecule has 94 valence electrons. The van der Waals surface area contributed by atoms with Gasteiger partial charge in [0.05, 0.1) is 13.2 Å². The molecular weight excluding hydrogens is 226 g/mol. The summed E-state index contributed by atoms with van der Waals surface area (Å²) < 4.78 is 5.16. The number of carboxylic acids is 1. The summed E-state index contributed by atoms with van der Waals surface area (Å²) in [6.07, 6.45) is 1.29. The Labute approximate surface area is 98.5 Å². The van der Waals surface area contributed by atoms with Crippen molar-refractivity contribution in [1.29, 1.82) is 0 Å². The lowest BCUT2D eigenvalue weighted by molar-refractivity contribution is -0.155. The number of carbonyl (C=O) groups is 1. The van der Waals surface area contributed by atoms with Crippen LogP contribution in [0.25, 0.3) is 0 Å². The van der Waals surface area contributed by atoms with Gasteiger partial charge in [0.25, 0.3) is 0 Å². The molecule has 7 heteroatoms. The van der Waals surface area contributed by atoms with Gasteiger partial charge in [0.15, 0.2) is 5.60 Å². The predicted octanol–water partition coefficient (Wildman–Crippen LogP) is 0.123. The molecule has 1 unspecified atom stereocenters. The Morgan fingerprint density at radius 1 is 1.59 bits per heavy atom. The second-order valence-corrected chi connectivity index (χ2v) is 3.61. The number of carboxylic acid groups (broad SMARTS) is 1. The van der Waals surface area contributed by atoms with Crippen LogP contribution in [0.15, 0.2) is 12.4 Å². The second-order valence-electron chi connectivity index (χ2n) is 3.61. The van der Waals surface area contributed by atoms with Gasteiger partial charge in [-0.3, -0.25) is 0 Å². The van der Waals surface area contributed by atoms with Gasteiger partial charge < -0.3 is 20.3 Å². The fourth-order valence-corrected chi connectivity index (χ4v) is 1.00. The molecule has 0 aliphatic carbocycles. The Kier molecular flexibility index (Phi) is 4.22. The summed E-state index contributed by atoms with van der Waals surface area (Å²) in [5.41, 5.74) is -1.85. The SMILES string of the molecule is CCOc1cc(NCC(C)(O)C(=O)O)ncn1. The minimum Gasteiger partial charge on any atom is -0.479 e. The number of aliphatic carboxylic acids is 1. The Morgan fingerprint density at radius 3 is 2.88 bits per heavy atom. The van der Waals surface area contributed by atoms with Gasteiger partial charge in [0, 0.05) is 6.07 Å². The van der Waals surface area contributed by atoms with E-state index < -0.39 is 11.6 Å². The standard InChI is InChI=1S/C10H15N3O4/c1-3-17-8-4-7(12-6-13-8)11-5-10(2,16)9(14)15/h4,6,16H,3,5H2,1-2H3,(H,14,15)(H,11,12,13). The lowest BCUT2D eigenvalue weighted by atomic mass is 10.1. The fourth-order valence-electron chi connectivity index (χ4n) is 1.00. The maximum absolute atomic E-state index is 10.7. The maximum Gasteiger partial charge on any atom is 0.337 e. The summed E-state index contributed by atoms with van der Waals surface area (Å²) in [5.74, 6) is -0.519. The first-order valence-corrected chi connectivity index (χ1v) is 5.10. The van der Waals surface area contributed by atoms with Crippen molar-refractivity contribution in [2.24, 2.45) is 0 Å². The smallest absolute Gasteiger partial charge is 0.337 e. The number of hydrogen-bond acceptors (Lipinski definition) is 6. The highest BCUT2D eigenvalue weighted by atomic mass is 16.5. The van der Waals surface area contributed by atoms with Crippen molar-refractivity contribution in [1.82, 2.24) is 9.97 Å². The molecule has 0 amide bonds. The van der Waals surface area contributed by atoms with Crippen molar-refractivity contribution in [3.05, 3.63) is 12.4 Å². The monoisotopic (exact) mass is 241 g/mol. The van der Waals surface area contributed by atoms with Gasteiger partial charge in [-0.1, -0.05) is 0 Å². The molecule has 1 heterocycles. The number of hydrogen-bond donors (Lipinski definition) is 3. The highest BCUT2D eigenvalue weighted by molar-refractivity contribution is 5.77. The van der Waals surface area contributed by atoms with E-state index in [2.05, 4.69) is 15.3 Å². The zero-order valence-electron chi connectivity index (χ0n) is 9.67. The average molecular weight is 241 g/mol. The van der Waals surface area contributed by atoms with E-state index in [0.717, 1.165) is 0 Å². The third-order valence-corrected chi connectivity index (χ3v) is 2.01. The van der Waals surface area contributed by atoms with Gasteiger partial charge in [-0.2, -0.15) is 0 Å². The van der Waals surface area contributed by atoms with E-state index >= 15 is 0 Å². The van der Waals surface area contributed by atoms with Crippen molar-refractivity contribution in [3.63, 3.8) is 0 Å². The molecular formula is C10H15N3O4. The molecule has 1 rings (SSSR count). The normalized spacial score (nSPS) is 13.8. The molecule has 7 nitrogen and oxygen atoms in total. The summed E-state index contributed by atoms with van der Waals surface area (Å²) in [5, 5.41) is 20.9. The first kappa shape index (κ1) is 13.2. The van der Waals surface area contributed by atoms with Gasteiger partial charge in [-0.15, -0.1) is 0 Å². The second kappa shape index (κ2) is 5.44. The van der Waals surface area contributed by atoms with Crippen LogP contribution in [0.5, 0.6) is 5.88 Å². The van der Waals surface area contributed by atoms with Crippen LogP contribution in [0.2, 0.25) is 0 Å². The summed E-state index contributed by atoms with van der Waals surface area (Å²) in [6.45, 7) is 3.34. The minimum atomic E-state index is -1.85. The highest BCUT2D eigenvalue weighted by Gasteiger charge is 2.29. The van der Waals surface area contributed by atoms with E-state index in [1.54, 1.807) is 0 Å². The van der Waals surface area contributed by atoms with Crippen LogP contribution in [-0.2, 0) is 4.79 Å². The van der Waals surface area contributed by atoms with Crippen molar-refractivity contribution < 1.29 is 19.7 Å². The lowest BCUT2D eigenvalue weighted by Gasteiger charge is -2.18.